The van der Waals surface area contributed by atoms with Crippen molar-refractivity contribution in [3.8, 4) is 0 Å². The second-order valence-electron chi connectivity index (χ2n) is 13.6. The van der Waals surface area contributed by atoms with Crippen LogP contribution in [0.2, 0.25) is 19.6 Å². The van der Waals surface area contributed by atoms with Gasteiger partial charge in [-0.05, 0) is 42.7 Å². The zero-order valence-electron chi connectivity index (χ0n) is 29.6. The largest absolute Gasteiger partial charge is 0.847 e. The number of unbranched alkanes of at least 4 members (excludes halogenated alkanes) is 4. The number of nitrogens with zero attached hydrogens (tertiary/aromatic N) is 2. The molecule has 0 aliphatic heterocycles. The highest BCUT2D eigenvalue weighted by Crippen LogP contribution is 2.26. The highest BCUT2D eigenvalue weighted by Gasteiger charge is 2.29. The zero-order valence-corrected chi connectivity index (χ0v) is 30.6. The summed E-state index contributed by atoms with van der Waals surface area (Å²) in [7, 11) is -1.86. The maximum absolute atomic E-state index is 13.3. The highest BCUT2D eigenvalue weighted by molar-refractivity contribution is 6.77. The lowest BCUT2D eigenvalue weighted by Crippen LogP contribution is -2.50. The molecule has 0 aromatic heterocycles. The van der Waals surface area contributed by atoms with Gasteiger partial charge in [0.05, 0.1) is 39.8 Å². The SMILES string of the molecule is CCCC[N+](CCCC)(CCCC)CCCC.C[Si](C)(C)C(N=C=C(c1ccccc1)c1ccccc1)C([O-])c1ccccc1. The summed E-state index contributed by atoms with van der Waals surface area (Å²) in [5.74, 6) is 3.29. The van der Waals surface area contributed by atoms with Crippen molar-refractivity contribution in [1.82, 2.24) is 0 Å². The van der Waals surface area contributed by atoms with Crippen LogP contribution in [0.5, 0.6) is 0 Å². The van der Waals surface area contributed by atoms with Crippen LogP contribution in [-0.4, -0.2) is 50.3 Å². The van der Waals surface area contributed by atoms with Crippen molar-refractivity contribution >= 4 is 19.5 Å². The third-order valence-electron chi connectivity index (χ3n) is 8.69. The summed E-state index contributed by atoms with van der Waals surface area (Å²) in [4.78, 5) is 4.79. The van der Waals surface area contributed by atoms with E-state index in [0.717, 1.165) is 22.3 Å². The Labute approximate surface area is 277 Å². The lowest BCUT2D eigenvalue weighted by atomic mass is 9.99. The van der Waals surface area contributed by atoms with E-state index in [0.29, 0.717) is 0 Å². The van der Waals surface area contributed by atoms with Crippen LogP contribution in [0.4, 0.5) is 0 Å². The summed E-state index contributed by atoms with van der Waals surface area (Å²) in [6, 6.07) is 29.8. The molecule has 4 heteroatoms. The van der Waals surface area contributed by atoms with Crippen molar-refractivity contribution in [2.24, 2.45) is 4.99 Å². The lowest BCUT2D eigenvalue weighted by Gasteiger charge is -2.39. The maximum atomic E-state index is 13.3. The van der Waals surface area contributed by atoms with Crippen molar-refractivity contribution in [2.45, 2.75) is 110 Å². The Hall–Kier alpha value is -2.75. The number of aliphatic imine (C=N–C) groups is 1. The third kappa shape index (κ3) is 13.6. The summed E-state index contributed by atoms with van der Waals surface area (Å²) in [5, 5.41) is 13.3. The topological polar surface area (TPSA) is 35.4 Å². The Bertz CT molecular complexity index is 1150. The first kappa shape index (κ1) is 38.4. The molecule has 0 fully saturated rings. The average molecular weight is 627 g/mol. The van der Waals surface area contributed by atoms with Crippen LogP contribution < -0.4 is 5.11 Å². The molecule has 45 heavy (non-hydrogen) atoms. The Morgan fingerprint density at radius 2 is 0.978 bits per heavy atom. The second-order valence-corrected chi connectivity index (χ2v) is 19.0. The molecular weight excluding hydrogens is 565 g/mol. The lowest BCUT2D eigenvalue weighted by molar-refractivity contribution is -0.929. The number of benzene rings is 3. The van der Waals surface area contributed by atoms with E-state index in [1.807, 2.05) is 66.7 Å². The Morgan fingerprint density at radius 3 is 1.31 bits per heavy atom. The average Bonchev–Trinajstić information content (AvgIpc) is 3.07. The molecule has 0 bridgehead atoms. The molecular formula is C41H62N2OSi. The molecule has 0 saturated carbocycles. The monoisotopic (exact) mass is 626 g/mol. The van der Waals surface area contributed by atoms with Crippen LogP contribution in [0.1, 0.15) is 102 Å². The van der Waals surface area contributed by atoms with E-state index in [4.69, 9.17) is 4.99 Å². The zero-order chi connectivity index (χ0) is 33.0. The van der Waals surface area contributed by atoms with Gasteiger partial charge in [0.2, 0.25) is 0 Å². The van der Waals surface area contributed by atoms with Crippen LogP contribution in [0, 0.1) is 0 Å². The van der Waals surface area contributed by atoms with Gasteiger partial charge in [-0.3, -0.25) is 0 Å². The van der Waals surface area contributed by atoms with E-state index in [1.54, 1.807) is 0 Å². The van der Waals surface area contributed by atoms with Crippen molar-refractivity contribution in [3.63, 3.8) is 0 Å². The van der Waals surface area contributed by atoms with Crippen LogP contribution >= 0.6 is 0 Å². The number of quaternary nitrogens is 1. The molecule has 3 nitrogen and oxygen atoms in total. The quantitative estimate of drug-likeness (QED) is 0.0786. The van der Waals surface area contributed by atoms with Crippen molar-refractivity contribution in [3.05, 3.63) is 108 Å². The molecule has 0 spiro atoms. The minimum absolute atomic E-state index is 0.294. The summed E-state index contributed by atoms with van der Waals surface area (Å²) in [5.41, 5.74) is 3.52. The van der Waals surface area contributed by atoms with Gasteiger partial charge in [0.25, 0.3) is 0 Å². The minimum atomic E-state index is -1.86. The molecule has 0 heterocycles. The Kier molecular flexibility index (Phi) is 18.0. The third-order valence-corrected chi connectivity index (χ3v) is 10.9. The molecule has 0 saturated heterocycles. The predicted molar refractivity (Wildman–Crippen MR) is 199 cm³/mol. The molecule has 3 rings (SSSR count). The number of hydrogen-bond donors (Lipinski definition) is 0. The number of hydrogen-bond acceptors (Lipinski definition) is 2. The number of rotatable bonds is 18. The molecule has 0 amide bonds. The van der Waals surface area contributed by atoms with Gasteiger partial charge in [0.15, 0.2) is 0 Å². The molecule has 0 radical (unpaired) electrons. The fourth-order valence-electron chi connectivity index (χ4n) is 5.82. The van der Waals surface area contributed by atoms with Gasteiger partial charge in [-0.15, -0.1) is 0 Å². The second kappa shape index (κ2) is 21.1. The first-order valence-electron chi connectivity index (χ1n) is 17.7. The van der Waals surface area contributed by atoms with Gasteiger partial charge in [0, 0.05) is 5.67 Å². The first-order valence-corrected chi connectivity index (χ1v) is 21.3. The van der Waals surface area contributed by atoms with E-state index in [9.17, 15) is 5.11 Å². The molecule has 0 aliphatic carbocycles. The Morgan fingerprint density at radius 1 is 0.622 bits per heavy atom. The highest BCUT2D eigenvalue weighted by atomic mass is 28.3. The molecule has 246 valence electrons. The van der Waals surface area contributed by atoms with Gasteiger partial charge >= 0.3 is 0 Å². The standard InChI is InChI=1S/C25H26NOSi.C16H36N/c1-28(2,3)25(24(27)22-17-11-6-12-18-22)26-19-23(20-13-7-4-8-14-20)21-15-9-5-10-16-21;1-5-9-13-17(14-10-6-2,15-11-7-3)16-12-8-4/h4-18,24-25H,1-3H3;5-16H2,1-4H3/q-1;+1. The van der Waals surface area contributed by atoms with E-state index >= 15 is 0 Å². The van der Waals surface area contributed by atoms with E-state index in [-0.39, 0.29) is 5.67 Å². The molecule has 3 aromatic carbocycles. The van der Waals surface area contributed by atoms with Gasteiger partial charge in [-0.2, -0.15) is 0 Å². The van der Waals surface area contributed by atoms with Crippen LogP contribution in [0.25, 0.3) is 5.57 Å². The first-order chi connectivity index (χ1) is 21.7. The van der Waals surface area contributed by atoms with Crippen LogP contribution in [0.15, 0.2) is 96.0 Å². The van der Waals surface area contributed by atoms with E-state index < -0.39 is 14.2 Å². The molecule has 2 unspecified atom stereocenters. The van der Waals surface area contributed by atoms with Crippen molar-refractivity contribution < 1.29 is 9.59 Å². The van der Waals surface area contributed by atoms with E-state index in [2.05, 4.69) is 77.5 Å². The van der Waals surface area contributed by atoms with Crippen molar-refractivity contribution in [2.75, 3.05) is 26.2 Å². The van der Waals surface area contributed by atoms with Gasteiger partial charge in [0.1, 0.15) is 0 Å². The smallest absolute Gasteiger partial charge is 0.0786 e. The minimum Gasteiger partial charge on any atom is -0.847 e. The van der Waals surface area contributed by atoms with Gasteiger partial charge in [-0.25, -0.2) is 4.99 Å². The molecule has 3 aromatic rings. The summed E-state index contributed by atoms with van der Waals surface area (Å²) in [6.45, 7) is 21.6. The predicted octanol–water partition coefficient (Wildman–Crippen LogP) is 10.1. The summed E-state index contributed by atoms with van der Waals surface area (Å²) >= 11 is 0. The summed E-state index contributed by atoms with van der Waals surface area (Å²) in [6.07, 6.45) is 10.2. The molecule has 2 atom stereocenters. The van der Waals surface area contributed by atoms with Crippen LogP contribution in [-0.2, 0) is 0 Å². The molecule has 0 aliphatic rings. The normalized spacial score (nSPS) is 12.8. The fraction of sp³-hybridized carbons (Fsp3) is 0.512. The summed E-state index contributed by atoms with van der Waals surface area (Å²) < 4.78 is 1.42. The fourth-order valence-corrected chi connectivity index (χ4v) is 7.38. The van der Waals surface area contributed by atoms with Crippen molar-refractivity contribution in [1.29, 1.82) is 0 Å². The van der Waals surface area contributed by atoms with Gasteiger partial charge < -0.3 is 9.59 Å². The Balaban J connectivity index is 0.000000358. The van der Waals surface area contributed by atoms with E-state index in [1.165, 1.54) is 82.0 Å². The van der Waals surface area contributed by atoms with Crippen LogP contribution in [0.3, 0.4) is 0 Å². The molecule has 0 N–H and O–H groups in total. The maximum Gasteiger partial charge on any atom is 0.0786 e. The van der Waals surface area contributed by atoms with Gasteiger partial charge in [-0.1, -0.05) is 176 Å².